The van der Waals surface area contributed by atoms with Crippen molar-refractivity contribution in [2.45, 2.75) is 6.92 Å². The zero-order valence-electron chi connectivity index (χ0n) is 8.50. The zero-order chi connectivity index (χ0) is 10.6. The topological polar surface area (TPSA) is 3.24 Å². The van der Waals surface area contributed by atoms with Crippen LogP contribution in [0.1, 0.15) is 6.92 Å². The molecule has 0 heterocycles. The van der Waals surface area contributed by atoms with Gasteiger partial charge >= 0.3 is 0 Å². The first-order valence-corrected chi connectivity index (χ1v) is 4.44. The number of benzene rings is 1. The predicted molar refractivity (Wildman–Crippen MR) is 58.8 cm³/mol. The monoisotopic (exact) mass is 191 g/mol. The molecule has 1 rings (SSSR count). The summed E-state index contributed by atoms with van der Waals surface area (Å²) in [7, 11) is 1.93. The van der Waals surface area contributed by atoms with Crippen LogP contribution in [-0.2, 0) is 0 Å². The van der Waals surface area contributed by atoms with Crippen LogP contribution < -0.4 is 4.90 Å². The highest BCUT2D eigenvalue weighted by atomic mass is 19.1. The van der Waals surface area contributed by atoms with E-state index in [9.17, 15) is 4.39 Å². The van der Waals surface area contributed by atoms with Gasteiger partial charge in [-0.05, 0) is 37.3 Å². The average molecular weight is 191 g/mol. The molecule has 0 aliphatic carbocycles. The normalized spacial score (nSPS) is 11.2. The minimum absolute atomic E-state index is 0.215. The summed E-state index contributed by atoms with van der Waals surface area (Å²) in [5, 5.41) is 0. The molecule has 14 heavy (non-hydrogen) atoms. The lowest BCUT2D eigenvalue weighted by molar-refractivity contribution is 0.628. The number of nitrogens with zero attached hydrogens (tertiary/aromatic N) is 1. The molecule has 0 aliphatic heterocycles. The van der Waals surface area contributed by atoms with Crippen LogP contribution in [-0.4, -0.2) is 7.05 Å². The first kappa shape index (κ1) is 10.5. The first-order chi connectivity index (χ1) is 6.65. The van der Waals surface area contributed by atoms with E-state index in [1.807, 2.05) is 24.9 Å². The molecule has 0 saturated carbocycles. The van der Waals surface area contributed by atoms with Gasteiger partial charge in [0.15, 0.2) is 0 Å². The standard InChI is InChI=1S/C12H14FN/c1-4-5-10(2)14(3)12-8-6-11(13)7-9-12/h4-9H,1H2,2-3H3/b10-5+. The van der Waals surface area contributed by atoms with Crippen LogP contribution in [0.3, 0.4) is 0 Å². The predicted octanol–water partition coefficient (Wildman–Crippen LogP) is 3.35. The van der Waals surface area contributed by atoms with Crippen LogP contribution in [0.2, 0.25) is 0 Å². The Morgan fingerprint density at radius 3 is 2.43 bits per heavy atom. The molecule has 0 atom stereocenters. The van der Waals surface area contributed by atoms with Gasteiger partial charge in [-0.15, -0.1) is 0 Å². The van der Waals surface area contributed by atoms with Crippen LogP contribution >= 0.6 is 0 Å². The van der Waals surface area contributed by atoms with Gasteiger partial charge in [0.25, 0.3) is 0 Å². The van der Waals surface area contributed by atoms with Crippen molar-refractivity contribution < 1.29 is 4.39 Å². The molecule has 2 heteroatoms. The fourth-order valence-corrected chi connectivity index (χ4v) is 1.15. The lowest BCUT2D eigenvalue weighted by Crippen LogP contribution is -2.13. The van der Waals surface area contributed by atoms with Crippen molar-refractivity contribution in [1.29, 1.82) is 0 Å². The van der Waals surface area contributed by atoms with E-state index in [2.05, 4.69) is 6.58 Å². The van der Waals surface area contributed by atoms with E-state index in [0.717, 1.165) is 11.4 Å². The van der Waals surface area contributed by atoms with E-state index in [-0.39, 0.29) is 5.82 Å². The molecule has 0 bridgehead atoms. The lowest BCUT2D eigenvalue weighted by Gasteiger charge is -2.19. The fraction of sp³-hybridized carbons (Fsp3) is 0.167. The molecule has 0 aliphatic rings. The molecule has 0 fully saturated rings. The van der Waals surface area contributed by atoms with E-state index in [0.29, 0.717) is 0 Å². The summed E-state index contributed by atoms with van der Waals surface area (Å²) in [6, 6.07) is 6.39. The van der Waals surface area contributed by atoms with Gasteiger partial charge < -0.3 is 4.90 Å². The number of halogens is 1. The van der Waals surface area contributed by atoms with Gasteiger partial charge in [0.1, 0.15) is 5.82 Å². The second-order valence-corrected chi connectivity index (χ2v) is 3.08. The number of hydrogen-bond acceptors (Lipinski definition) is 1. The van der Waals surface area contributed by atoms with Crippen LogP contribution in [0.4, 0.5) is 10.1 Å². The van der Waals surface area contributed by atoms with Crippen molar-refractivity contribution in [3.05, 3.63) is 54.5 Å². The summed E-state index contributed by atoms with van der Waals surface area (Å²) in [6.07, 6.45) is 3.64. The van der Waals surface area contributed by atoms with Gasteiger partial charge in [0.05, 0.1) is 0 Å². The van der Waals surface area contributed by atoms with E-state index < -0.39 is 0 Å². The molecular weight excluding hydrogens is 177 g/mol. The molecule has 0 radical (unpaired) electrons. The summed E-state index contributed by atoms with van der Waals surface area (Å²) in [5.74, 6) is -0.215. The summed E-state index contributed by atoms with van der Waals surface area (Å²) in [6.45, 7) is 5.61. The van der Waals surface area contributed by atoms with Gasteiger partial charge in [-0.3, -0.25) is 0 Å². The van der Waals surface area contributed by atoms with Crippen LogP contribution in [0.25, 0.3) is 0 Å². The Labute approximate surface area is 84.2 Å². The molecular formula is C12H14FN. The number of anilines is 1. The third kappa shape index (κ3) is 2.46. The Balaban J connectivity index is 2.89. The number of hydrogen-bond donors (Lipinski definition) is 0. The van der Waals surface area contributed by atoms with Gasteiger partial charge in [-0.25, -0.2) is 4.39 Å². The number of allylic oxidation sites excluding steroid dienone is 3. The summed E-state index contributed by atoms with van der Waals surface area (Å²) >= 11 is 0. The van der Waals surface area contributed by atoms with Crippen LogP contribution in [0.5, 0.6) is 0 Å². The second kappa shape index (κ2) is 4.61. The average Bonchev–Trinajstić information content (AvgIpc) is 2.18. The maximum absolute atomic E-state index is 12.6. The number of rotatable bonds is 3. The van der Waals surface area contributed by atoms with Crippen LogP contribution in [0.15, 0.2) is 48.7 Å². The molecule has 1 aromatic carbocycles. The highest BCUT2D eigenvalue weighted by Gasteiger charge is 2.01. The molecule has 0 amide bonds. The van der Waals surface area contributed by atoms with E-state index in [4.69, 9.17) is 0 Å². The minimum atomic E-state index is -0.215. The highest BCUT2D eigenvalue weighted by Crippen LogP contribution is 2.17. The summed E-state index contributed by atoms with van der Waals surface area (Å²) in [4.78, 5) is 1.97. The van der Waals surface area contributed by atoms with Crippen molar-refractivity contribution in [3.63, 3.8) is 0 Å². The molecule has 0 aromatic heterocycles. The lowest BCUT2D eigenvalue weighted by atomic mass is 10.2. The fourth-order valence-electron chi connectivity index (χ4n) is 1.15. The minimum Gasteiger partial charge on any atom is -0.348 e. The maximum Gasteiger partial charge on any atom is 0.123 e. The van der Waals surface area contributed by atoms with E-state index in [1.165, 1.54) is 12.1 Å². The first-order valence-electron chi connectivity index (χ1n) is 4.44. The molecule has 1 aromatic rings. The van der Waals surface area contributed by atoms with Crippen molar-refractivity contribution in [2.24, 2.45) is 0 Å². The zero-order valence-corrected chi connectivity index (χ0v) is 8.50. The van der Waals surface area contributed by atoms with Crippen molar-refractivity contribution in [3.8, 4) is 0 Å². The highest BCUT2D eigenvalue weighted by molar-refractivity contribution is 5.50. The second-order valence-electron chi connectivity index (χ2n) is 3.08. The van der Waals surface area contributed by atoms with Crippen LogP contribution in [0, 0.1) is 5.82 Å². The van der Waals surface area contributed by atoms with Gasteiger partial charge in [0.2, 0.25) is 0 Å². The molecule has 0 saturated heterocycles. The summed E-state index contributed by atoms with van der Waals surface area (Å²) in [5.41, 5.74) is 2.02. The van der Waals surface area contributed by atoms with Crippen molar-refractivity contribution in [1.82, 2.24) is 0 Å². The van der Waals surface area contributed by atoms with Gasteiger partial charge in [-0.2, -0.15) is 0 Å². The Hall–Kier alpha value is -1.57. The summed E-state index contributed by atoms with van der Waals surface area (Å²) < 4.78 is 12.6. The molecule has 0 spiro atoms. The third-order valence-electron chi connectivity index (χ3n) is 2.10. The largest absolute Gasteiger partial charge is 0.348 e. The maximum atomic E-state index is 12.6. The Morgan fingerprint density at radius 1 is 1.36 bits per heavy atom. The van der Waals surface area contributed by atoms with Gasteiger partial charge in [-0.1, -0.05) is 12.7 Å². The molecule has 1 nitrogen and oxygen atoms in total. The molecule has 74 valence electrons. The van der Waals surface area contributed by atoms with Gasteiger partial charge in [0, 0.05) is 18.4 Å². The van der Waals surface area contributed by atoms with Crippen molar-refractivity contribution in [2.75, 3.05) is 11.9 Å². The smallest absolute Gasteiger partial charge is 0.123 e. The molecule has 0 unspecified atom stereocenters. The Bertz CT molecular complexity index is 338. The Morgan fingerprint density at radius 2 is 1.93 bits per heavy atom. The quantitative estimate of drug-likeness (QED) is 0.662. The molecule has 0 N–H and O–H groups in total. The SMILES string of the molecule is C=C/C=C(\C)N(C)c1ccc(F)cc1. The Kier molecular flexibility index (Phi) is 3.46. The van der Waals surface area contributed by atoms with Crippen molar-refractivity contribution >= 4 is 5.69 Å². The van der Waals surface area contributed by atoms with E-state index >= 15 is 0 Å². The third-order valence-corrected chi connectivity index (χ3v) is 2.10. The van der Waals surface area contributed by atoms with E-state index in [1.54, 1.807) is 18.2 Å².